The number of hydrogen-bond donors (Lipinski definition) is 1. The third-order valence-corrected chi connectivity index (χ3v) is 2.58. The highest BCUT2D eigenvalue weighted by Gasteiger charge is 2.21. The number of likely N-dealkylation sites (N-methyl/N-ethyl adjacent to an activating group) is 1. The first kappa shape index (κ1) is 9.52. The summed E-state index contributed by atoms with van der Waals surface area (Å²) in [6, 6.07) is 0. The highest BCUT2D eigenvalue weighted by molar-refractivity contribution is 5.76. The van der Waals surface area contributed by atoms with E-state index in [9.17, 15) is 4.79 Å². The van der Waals surface area contributed by atoms with Crippen molar-refractivity contribution in [2.45, 2.75) is 25.7 Å². The monoisotopic (exact) mass is 170 g/mol. The molecule has 0 aromatic heterocycles. The quantitative estimate of drug-likeness (QED) is 0.671. The Kier molecular flexibility index (Phi) is 3.53. The number of rotatable bonds is 4. The standard InChI is InChI=1S/C9H18N2O/c1-11(6-5-10)9(12)7-8-3-2-4-8/h8H,2-7,10H2,1H3. The van der Waals surface area contributed by atoms with Crippen molar-refractivity contribution in [3.05, 3.63) is 0 Å². The lowest BCUT2D eigenvalue weighted by Gasteiger charge is -2.26. The van der Waals surface area contributed by atoms with Gasteiger partial charge in [0.05, 0.1) is 0 Å². The van der Waals surface area contributed by atoms with Crippen molar-refractivity contribution in [3.63, 3.8) is 0 Å². The molecule has 12 heavy (non-hydrogen) atoms. The molecule has 70 valence electrons. The summed E-state index contributed by atoms with van der Waals surface area (Å²) in [7, 11) is 1.83. The van der Waals surface area contributed by atoms with E-state index >= 15 is 0 Å². The van der Waals surface area contributed by atoms with Gasteiger partial charge in [-0.05, 0) is 18.8 Å². The van der Waals surface area contributed by atoms with E-state index in [-0.39, 0.29) is 5.91 Å². The molecule has 0 spiro atoms. The minimum atomic E-state index is 0.255. The summed E-state index contributed by atoms with van der Waals surface area (Å²) in [5.74, 6) is 0.919. The second-order valence-corrected chi connectivity index (χ2v) is 3.61. The second kappa shape index (κ2) is 4.45. The second-order valence-electron chi connectivity index (χ2n) is 3.61. The van der Waals surface area contributed by atoms with Crippen LogP contribution in [0.15, 0.2) is 0 Å². The molecule has 3 heteroatoms. The molecule has 0 aliphatic heterocycles. The van der Waals surface area contributed by atoms with Crippen molar-refractivity contribution in [2.75, 3.05) is 20.1 Å². The van der Waals surface area contributed by atoms with Crippen LogP contribution in [0.2, 0.25) is 0 Å². The van der Waals surface area contributed by atoms with Crippen LogP contribution in [-0.2, 0) is 4.79 Å². The van der Waals surface area contributed by atoms with Gasteiger partial charge >= 0.3 is 0 Å². The number of carbonyl (C=O) groups is 1. The van der Waals surface area contributed by atoms with E-state index < -0.39 is 0 Å². The SMILES string of the molecule is CN(CCN)C(=O)CC1CCC1. The van der Waals surface area contributed by atoms with Crippen molar-refractivity contribution >= 4 is 5.91 Å². The first-order valence-corrected chi connectivity index (χ1v) is 4.68. The average molecular weight is 170 g/mol. The molecular weight excluding hydrogens is 152 g/mol. The van der Waals surface area contributed by atoms with Gasteiger partial charge in [-0.25, -0.2) is 0 Å². The van der Waals surface area contributed by atoms with E-state index in [1.54, 1.807) is 4.90 Å². The lowest BCUT2D eigenvalue weighted by Crippen LogP contribution is -2.33. The summed E-state index contributed by atoms with van der Waals surface area (Å²) in [5, 5.41) is 0. The molecule has 3 nitrogen and oxygen atoms in total. The predicted molar refractivity (Wildman–Crippen MR) is 48.6 cm³/mol. The molecule has 0 atom stereocenters. The van der Waals surface area contributed by atoms with Crippen LogP contribution in [0.25, 0.3) is 0 Å². The highest BCUT2D eigenvalue weighted by Crippen LogP contribution is 2.29. The van der Waals surface area contributed by atoms with Crippen LogP contribution in [0.3, 0.4) is 0 Å². The van der Waals surface area contributed by atoms with Crippen LogP contribution >= 0.6 is 0 Å². The van der Waals surface area contributed by atoms with Gasteiger partial charge in [-0.2, -0.15) is 0 Å². The molecule has 0 saturated heterocycles. The van der Waals surface area contributed by atoms with Gasteiger partial charge in [-0.1, -0.05) is 6.42 Å². The van der Waals surface area contributed by atoms with Gasteiger partial charge in [-0.15, -0.1) is 0 Å². The Morgan fingerprint density at radius 2 is 2.25 bits per heavy atom. The molecule has 1 rings (SSSR count). The van der Waals surface area contributed by atoms with Gasteiger partial charge < -0.3 is 10.6 Å². The van der Waals surface area contributed by atoms with E-state index in [4.69, 9.17) is 5.73 Å². The Hall–Kier alpha value is -0.570. The molecule has 1 amide bonds. The zero-order valence-corrected chi connectivity index (χ0v) is 7.75. The minimum absolute atomic E-state index is 0.255. The molecule has 0 radical (unpaired) electrons. The predicted octanol–water partition coefficient (Wildman–Crippen LogP) is 0.594. The number of nitrogens with zero attached hydrogens (tertiary/aromatic N) is 1. The minimum Gasteiger partial charge on any atom is -0.344 e. The van der Waals surface area contributed by atoms with Gasteiger partial charge in [0, 0.05) is 26.6 Å². The first-order valence-electron chi connectivity index (χ1n) is 4.68. The van der Waals surface area contributed by atoms with E-state index in [0.717, 1.165) is 6.42 Å². The van der Waals surface area contributed by atoms with Gasteiger partial charge in [0.1, 0.15) is 0 Å². The summed E-state index contributed by atoms with van der Waals surface area (Å²) < 4.78 is 0. The lowest BCUT2D eigenvalue weighted by molar-refractivity contribution is -0.131. The third kappa shape index (κ3) is 2.48. The lowest BCUT2D eigenvalue weighted by atomic mass is 9.83. The van der Waals surface area contributed by atoms with Crippen LogP contribution in [0.1, 0.15) is 25.7 Å². The number of nitrogens with two attached hydrogens (primary N) is 1. The Bertz CT molecular complexity index is 155. The fourth-order valence-corrected chi connectivity index (χ4v) is 1.42. The summed E-state index contributed by atoms with van der Waals surface area (Å²) in [4.78, 5) is 13.1. The Morgan fingerprint density at radius 1 is 1.58 bits per heavy atom. The smallest absolute Gasteiger partial charge is 0.222 e. The van der Waals surface area contributed by atoms with Crippen molar-refractivity contribution in [1.82, 2.24) is 4.90 Å². The van der Waals surface area contributed by atoms with Crippen molar-refractivity contribution < 1.29 is 4.79 Å². The molecule has 0 bridgehead atoms. The zero-order valence-electron chi connectivity index (χ0n) is 7.75. The number of hydrogen-bond acceptors (Lipinski definition) is 2. The average Bonchev–Trinajstić information content (AvgIpc) is 1.97. The summed E-state index contributed by atoms with van der Waals surface area (Å²) in [5.41, 5.74) is 5.35. The summed E-state index contributed by atoms with van der Waals surface area (Å²) in [6.07, 6.45) is 4.51. The van der Waals surface area contributed by atoms with Crippen molar-refractivity contribution in [2.24, 2.45) is 11.7 Å². The molecular formula is C9H18N2O. The van der Waals surface area contributed by atoms with E-state index in [2.05, 4.69) is 0 Å². The maximum absolute atomic E-state index is 11.4. The van der Waals surface area contributed by atoms with Crippen LogP contribution in [-0.4, -0.2) is 30.9 Å². The van der Waals surface area contributed by atoms with Crippen molar-refractivity contribution in [1.29, 1.82) is 0 Å². The highest BCUT2D eigenvalue weighted by atomic mass is 16.2. The van der Waals surface area contributed by atoms with E-state index in [0.29, 0.717) is 19.0 Å². The molecule has 1 aliphatic carbocycles. The first-order chi connectivity index (χ1) is 5.74. The third-order valence-electron chi connectivity index (χ3n) is 2.58. The normalized spacial score (nSPS) is 17.2. The van der Waals surface area contributed by atoms with Crippen LogP contribution in [0.4, 0.5) is 0 Å². The van der Waals surface area contributed by atoms with Gasteiger partial charge in [0.2, 0.25) is 5.91 Å². The molecule has 1 fully saturated rings. The summed E-state index contributed by atoms with van der Waals surface area (Å²) in [6.45, 7) is 1.25. The maximum atomic E-state index is 11.4. The topological polar surface area (TPSA) is 46.3 Å². The van der Waals surface area contributed by atoms with E-state index in [1.165, 1.54) is 19.3 Å². The number of carbonyl (C=O) groups excluding carboxylic acids is 1. The number of amides is 1. The fraction of sp³-hybridized carbons (Fsp3) is 0.889. The summed E-state index contributed by atoms with van der Waals surface area (Å²) >= 11 is 0. The molecule has 0 unspecified atom stereocenters. The van der Waals surface area contributed by atoms with E-state index in [1.807, 2.05) is 7.05 Å². The molecule has 1 saturated carbocycles. The Morgan fingerprint density at radius 3 is 2.67 bits per heavy atom. The van der Waals surface area contributed by atoms with Crippen molar-refractivity contribution in [3.8, 4) is 0 Å². The van der Waals surface area contributed by atoms with Crippen LogP contribution in [0.5, 0.6) is 0 Å². The van der Waals surface area contributed by atoms with Gasteiger partial charge in [0.25, 0.3) is 0 Å². The Balaban J connectivity index is 2.16. The van der Waals surface area contributed by atoms with Crippen LogP contribution < -0.4 is 5.73 Å². The molecule has 1 aliphatic rings. The molecule has 2 N–H and O–H groups in total. The zero-order chi connectivity index (χ0) is 8.97. The van der Waals surface area contributed by atoms with Gasteiger partial charge in [0.15, 0.2) is 0 Å². The largest absolute Gasteiger partial charge is 0.344 e. The molecule has 0 aromatic carbocycles. The van der Waals surface area contributed by atoms with Gasteiger partial charge in [-0.3, -0.25) is 4.79 Å². The molecule has 0 heterocycles. The maximum Gasteiger partial charge on any atom is 0.222 e. The van der Waals surface area contributed by atoms with Crippen LogP contribution in [0, 0.1) is 5.92 Å². The molecule has 0 aromatic rings. The fourth-order valence-electron chi connectivity index (χ4n) is 1.42. The Labute approximate surface area is 73.9 Å².